The molecule has 0 radical (unpaired) electrons. The van der Waals surface area contributed by atoms with Crippen LogP contribution in [0, 0.1) is 5.92 Å². The van der Waals surface area contributed by atoms with Gasteiger partial charge in [-0.05, 0) is 5.92 Å². The Hall–Kier alpha value is -0.570. The van der Waals surface area contributed by atoms with Gasteiger partial charge < -0.3 is 11.3 Å². The van der Waals surface area contributed by atoms with Crippen molar-refractivity contribution in [2.45, 2.75) is 20.3 Å². The maximum absolute atomic E-state index is 9.81. The van der Waals surface area contributed by atoms with Crippen LogP contribution < -0.4 is 6.15 Å². The molecule has 0 aliphatic rings. The van der Waals surface area contributed by atoms with Crippen molar-refractivity contribution >= 4 is 5.97 Å². The van der Waals surface area contributed by atoms with E-state index in [1.807, 2.05) is 13.8 Å². The van der Waals surface area contributed by atoms with E-state index in [-0.39, 0.29) is 18.5 Å². The summed E-state index contributed by atoms with van der Waals surface area (Å²) in [4.78, 5) is 9.81. The Balaban J connectivity index is 0. The van der Waals surface area contributed by atoms with Gasteiger partial charge in [0.25, 0.3) is 0 Å². The van der Waals surface area contributed by atoms with E-state index < -0.39 is 5.97 Å². The van der Waals surface area contributed by atoms with Crippen molar-refractivity contribution in [3.05, 3.63) is 0 Å². The van der Waals surface area contributed by atoms with Gasteiger partial charge in [0, 0.05) is 6.42 Å². The quantitative estimate of drug-likeness (QED) is 0.575. The Kier molecular flexibility index (Phi) is 5.97. The van der Waals surface area contributed by atoms with Crippen LogP contribution in [-0.2, 0) is 4.79 Å². The lowest BCUT2D eigenvalue weighted by Crippen LogP contribution is -1.99. The fraction of sp³-hybridized carbons (Fsp3) is 0.800. The number of rotatable bonds is 2. The minimum atomic E-state index is -0.713. The standard InChI is InChI=1S/C5H10O2.H3N/c1-4(2)3-5(6)7;/h4H,3H2,1-2H3,(H,6,7);1H3. The second-order valence-electron chi connectivity index (χ2n) is 1.99. The first-order valence-corrected chi connectivity index (χ1v) is 2.34. The number of carbonyl (C=O) groups is 1. The molecule has 0 aromatic rings. The van der Waals surface area contributed by atoms with Gasteiger partial charge >= 0.3 is 5.97 Å². The fourth-order valence-corrected chi connectivity index (χ4v) is 0.349. The first-order chi connectivity index (χ1) is 3.13. The Bertz CT molecular complexity index is 70.8. The predicted octanol–water partition coefficient (Wildman–Crippen LogP) is 1.28. The summed E-state index contributed by atoms with van der Waals surface area (Å²) in [5, 5.41) is 8.08. The van der Waals surface area contributed by atoms with Crippen molar-refractivity contribution in [1.29, 1.82) is 0 Å². The molecule has 0 rings (SSSR count). The average Bonchev–Trinajstić information content (AvgIpc) is 1.27. The molecule has 0 spiro atoms. The predicted molar refractivity (Wildman–Crippen MR) is 32.1 cm³/mol. The molecule has 0 heterocycles. The summed E-state index contributed by atoms with van der Waals surface area (Å²) in [6.07, 6.45) is 0.278. The van der Waals surface area contributed by atoms with Crippen LogP contribution in [0.15, 0.2) is 0 Å². The molecular weight excluding hydrogens is 106 g/mol. The Morgan fingerprint density at radius 2 is 2.00 bits per heavy atom. The van der Waals surface area contributed by atoms with Gasteiger partial charge in [-0.1, -0.05) is 13.8 Å². The van der Waals surface area contributed by atoms with Crippen LogP contribution in [0.3, 0.4) is 0 Å². The van der Waals surface area contributed by atoms with Crippen LogP contribution in [0.4, 0.5) is 0 Å². The molecule has 3 heteroatoms. The van der Waals surface area contributed by atoms with Crippen molar-refractivity contribution in [1.82, 2.24) is 6.15 Å². The SMILES string of the molecule is CC(C)CC(=O)O.N. The third-order valence-electron chi connectivity index (χ3n) is 0.583. The Labute approximate surface area is 49.3 Å². The van der Waals surface area contributed by atoms with Gasteiger partial charge in [-0.3, -0.25) is 4.79 Å². The lowest BCUT2D eigenvalue weighted by Gasteiger charge is -1.94. The highest BCUT2D eigenvalue weighted by molar-refractivity contribution is 5.66. The third kappa shape index (κ3) is 9.06. The first-order valence-electron chi connectivity index (χ1n) is 2.34. The largest absolute Gasteiger partial charge is 0.481 e. The van der Waals surface area contributed by atoms with E-state index >= 15 is 0 Å². The van der Waals surface area contributed by atoms with E-state index in [1.54, 1.807) is 0 Å². The second-order valence-corrected chi connectivity index (χ2v) is 1.99. The lowest BCUT2D eigenvalue weighted by molar-refractivity contribution is -0.137. The Morgan fingerprint density at radius 1 is 1.62 bits per heavy atom. The van der Waals surface area contributed by atoms with Crippen LogP contribution in [0.1, 0.15) is 20.3 Å². The number of carboxylic acid groups (broad SMARTS) is 1. The highest BCUT2D eigenvalue weighted by atomic mass is 16.4. The van der Waals surface area contributed by atoms with Gasteiger partial charge in [0.05, 0.1) is 0 Å². The van der Waals surface area contributed by atoms with Gasteiger partial charge in [0.1, 0.15) is 0 Å². The molecule has 4 N–H and O–H groups in total. The van der Waals surface area contributed by atoms with Gasteiger partial charge in [-0.15, -0.1) is 0 Å². The minimum Gasteiger partial charge on any atom is -0.481 e. The molecule has 0 saturated carbocycles. The summed E-state index contributed by atoms with van der Waals surface area (Å²) in [6.45, 7) is 3.77. The number of carboxylic acids is 1. The third-order valence-corrected chi connectivity index (χ3v) is 0.583. The van der Waals surface area contributed by atoms with E-state index in [0.29, 0.717) is 0 Å². The van der Waals surface area contributed by atoms with Crippen LogP contribution in [-0.4, -0.2) is 11.1 Å². The first kappa shape index (κ1) is 10.4. The molecule has 0 aliphatic carbocycles. The normalized spacial score (nSPS) is 8.38. The molecule has 0 bridgehead atoms. The van der Waals surface area contributed by atoms with E-state index in [4.69, 9.17) is 5.11 Å². The van der Waals surface area contributed by atoms with Gasteiger partial charge in [-0.2, -0.15) is 0 Å². The minimum absolute atomic E-state index is 0. The molecule has 3 nitrogen and oxygen atoms in total. The summed E-state index contributed by atoms with van der Waals surface area (Å²) < 4.78 is 0. The lowest BCUT2D eigenvalue weighted by atomic mass is 10.1. The second kappa shape index (κ2) is 4.59. The molecule has 0 fully saturated rings. The van der Waals surface area contributed by atoms with Crippen molar-refractivity contribution in [3.63, 3.8) is 0 Å². The molecule has 0 atom stereocenters. The molecule has 0 aromatic carbocycles. The number of hydrogen-bond donors (Lipinski definition) is 2. The van der Waals surface area contributed by atoms with Crippen LogP contribution in [0.2, 0.25) is 0 Å². The number of aliphatic carboxylic acids is 1. The maximum atomic E-state index is 9.81. The molecular formula is C5H13NO2. The van der Waals surface area contributed by atoms with Gasteiger partial charge in [0.2, 0.25) is 0 Å². The molecule has 8 heavy (non-hydrogen) atoms. The van der Waals surface area contributed by atoms with Crippen LogP contribution in [0.25, 0.3) is 0 Å². The summed E-state index contributed by atoms with van der Waals surface area (Å²) in [7, 11) is 0. The fourth-order valence-electron chi connectivity index (χ4n) is 0.349. The topological polar surface area (TPSA) is 72.3 Å². The maximum Gasteiger partial charge on any atom is 0.303 e. The smallest absolute Gasteiger partial charge is 0.303 e. The summed E-state index contributed by atoms with van der Waals surface area (Å²) in [5.74, 6) is -0.438. The van der Waals surface area contributed by atoms with Gasteiger partial charge in [-0.25, -0.2) is 0 Å². The zero-order valence-electron chi connectivity index (χ0n) is 5.35. The summed E-state index contributed by atoms with van der Waals surface area (Å²) in [6, 6.07) is 0. The van der Waals surface area contributed by atoms with Crippen LogP contribution >= 0.6 is 0 Å². The molecule has 0 unspecified atom stereocenters. The molecule has 0 amide bonds. The van der Waals surface area contributed by atoms with Crippen molar-refractivity contribution < 1.29 is 9.90 Å². The summed E-state index contributed by atoms with van der Waals surface area (Å²) in [5.41, 5.74) is 0. The van der Waals surface area contributed by atoms with Crippen LogP contribution in [0.5, 0.6) is 0 Å². The molecule has 0 aliphatic heterocycles. The van der Waals surface area contributed by atoms with Crippen molar-refractivity contribution in [2.75, 3.05) is 0 Å². The van der Waals surface area contributed by atoms with E-state index in [1.165, 1.54) is 0 Å². The van der Waals surface area contributed by atoms with E-state index in [0.717, 1.165) is 0 Å². The zero-order chi connectivity index (χ0) is 5.86. The van der Waals surface area contributed by atoms with E-state index in [9.17, 15) is 4.79 Å². The molecule has 0 saturated heterocycles. The van der Waals surface area contributed by atoms with Crippen molar-refractivity contribution in [3.8, 4) is 0 Å². The number of hydrogen-bond acceptors (Lipinski definition) is 2. The molecule has 50 valence electrons. The average molecular weight is 119 g/mol. The van der Waals surface area contributed by atoms with E-state index in [2.05, 4.69) is 0 Å². The van der Waals surface area contributed by atoms with Crippen molar-refractivity contribution in [2.24, 2.45) is 5.92 Å². The highest BCUT2D eigenvalue weighted by Crippen LogP contribution is 1.96. The summed E-state index contributed by atoms with van der Waals surface area (Å²) >= 11 is 0. The Morgan fingerprint density at radius 3 is 2.00 bits per heavy atom. The monoisotopic (exact) mass is 119 g/mol. The van der Waals surface area contributed by atoms with Gasteiger partial charge in [0.15, 0.2) is 0 Å². The molecule has 0 aromatic heterocycles. The highest BCUT2D eigenvalue weighted by Gasteiger charge is 1.98. The zero-order valence-corrected chi connectivity index (χ0v) is 5.35.